The van der Waals surface area contributed by atoms with Crippen molar-refractivity contribution in [2.24, 2.45) is 5.41 Å². The van der Waals surface area contributed by atoms with E-state index in [0.717, 1.165) is 17.1 Å². The van der Waals surface area contributed by atoms with E-state index in [-0.39, 0.29) is 38.5 Å². The minimum absolute atomic E-state index is 0.0586. The largest absolute Gasteiger partial charge is 0.481 e. The lowest BCUT2D eigenvalue weighted by Crippen LogP contribution is -2.75. The Labute approximate surface area is 126 Å². The van der Waals surface area contributed by atoms with Crippen LogP contribution in [0, 0.1) is 5.41 Å². The van der Waals surface area contributed by atoms with Crippen molar-refractivity contribution >= 4 is 17.8 Å². The molecule has 0 aromatic heterocycles. The molecule has 4 fully saturated rings. The lowest BCUT2D eigenvalue weighted by atomic mass is 9.43. The number of carbonyl (C=O) groups excluding carboxylic acids is 2. The number of nitrogens with zero attached hydrogens (tertiary/aromatic N) is 1. The molecule has 0 radical (unpaired) electrons. The van der Waals surface area contributed by atoms with Gasteiger partial charge in [-0.3, -0.25) is 19.3 Å². The molecule has 2 amide bonds. The molecule has 2 unspecified atom stereocenters. The average Bonchev–Trinajstić information content (AvgIpc) is 2.64. The first-order valence-electron chi connectivity index (χ1n) is 7.36. The van der Waals surface area contributed by atoms with Crippen molar-refractivity contribution in [3.63, 3.8) is 0 Å². The predicted molar refractivity (Wildman–Crippen MR) is 71.4 cm³/mol. The first-order chi connectivity index (χ1) is 10.1. The van der Waals surface area contributed by atoms with Crippen molar-refractivity contribution in [3.8, 4) is 0 Å². The maximum atomic E-state index is 12.1. The molecule has 1 heterocycles. The third-order valence-electron chi connectivity index (χ3n) is 5.71. The molecule has 3 N–H and O–H groups in total. The lowest BCUT2D eigenvalue weighted by Gasteiger charge is -2.67. The minimum Gasteiger partial charge on any atom is -0.481 e. The van der Waals surface area contributed by atoms with Crippen LogP contribution in [0.1, 0.15) is 38.5 Å². The fraction of sp³-hybridized carbons (Fsp3) is 0.667. The average molecular weight is 307 g/mol. The maximum Gasteiger partial charge on any atom is 0.309 e. The molecule has 22 heavy (non-hydrogen) atoms. The van der Waals surface area contributed by atoms with Crippen LogP contribution in [0.15, 0.2) is 12.2 Å². The van der Waals surface area contributed by atoms with Gasteiger partial charge in [-0.05, 0) is 19.3 Å². The highest BCUT2D eigenvalue weighted by molar-refractivity contribution is 6.13. The second-order valence-electron chi connectivity index (χ2n) is 7.66. The number of hydrogen-bond donors (Lipinski definition) is 3. The SMILES string of the molecule is O=C1C=CC(=O)N1C12CC3(O)CC(O)(CC(C(=O)O)(C3)C1)C2. The van der Waals surface area contributed by atoms with E-state index in [1.54, 1.807) is 0 Å². The summed E-state index contributed by atoms with van der Waals surface area (Å²) in [7, 11) is 0. The van der Waals surface area contributed by atoms with Crippen LogP contribution in [0.5, 0.6) is 0 Å². The van der Waals surface area contributed by atoms with Crippen molar-refractivity contribution < 1.29 is 29.7 Å². The van der Waals surface area contributed by atoms with E-state index in [4.69, 9.17) is 0 Å². The Kier molecular flexibility index (Phi) is 2.27. The van der Waals surface area contributed by atoms with E-state index >= 15 is 0 Å². The zero-order valence-electron chi connectivity index (χ0n) is 11.9. The first-order valence-corrected chi connectivity index (χ1v) is 7.36. The molecular formula is C15H17NO6. The summed E-state index contributed by atoms with van der Waals surface area (Å²) < 4.78 is 0. The standard InChI is InChI=1S/C15H17NO6/c17-9-1-2-10(18)16(9)13-3-12(11(19)20)4-14(21,6-13)8-15(22,5-12)7-13/h1-2,21-22H,3-8H2,(H,19,20). The van der Waals surface area contributed by atoms with E-state index in [0.29, 0.717) is 0 Å². The Morgan fingerprint density at radius 1 is 0.909 bits per heavy atom. The molecule has 7 nitrogen and oxygen atoms in total. The lowest BCUT2D eigenvalue weighted by molar-refractivity contribution is -0.258. The Morgan fingerprint density at radius 2 is 1.41 bits per heavy atom. The minimum atomic E-state index is -1.36. The smallest absolute Gasteiger partial charge is 0.309 e. The van der Waals surface area contributed by atoms with Gasteiger partial charge in [0.05, 0.1) is 22.2 Å². The van der Waals surface area contributed by atoms with E-state index in [1.165, 1.54) is 0 Å². The van der Waals surface area contributed by atoms with Gasteiger partial charge in [-0.2, -0.15) is 0 Å². The monoisotopic (exact) mass is 307 g/mol. The number of rotatable bonds is 2. The van der Waals surface area contributed by atoms with Gasteiger partial charge in [-0.1, -0.05) is 0 Å². The highest BCUT2D eigenvalue weighted by Gasteiger charge is 2.72. The van der Waals surface area contributed by atoms with Crippen molar-refractivity contribution in [1.29, 1.82) is 0 Å². The van der Waals surface area contributed by atoms with Gasteiger partial charge in [-0.15, -0.1) is 0 Å². The van der Waals surface area contributed by atoms with Gasteiger partial charge < -0.3 is 15.3 Å². The van der Waals surface area contributed by atoms with Gasteiger partial charge in [0.25, 0.3) is 11.8 Å². The number of amides is 2. The van der Waals surface area contributed by atoms with Gasteiger partial charge in [0.2, 0.25) is 0 Å². The molecule has 5 aliphatic rings. The van der Waals surface area contributed by atoms with Crippen LogP contribution in [0.4, 0.5) is 0 Å². The Hall–Kier alpha value is -1.73. The summed E-state index contributed by atoms with van der Waals surface area (Å²) >= 11 is 0. The number of carboxylic acids is 1. The van der Waals surface area contributed by atoms with Crippen LogP contribution in [0.25, 0.3) is 0 Å². The molecule has 4 bridgehead atoms. The van der Waals surface area contributed by atoms with Gasteiger partial charge in [0.15, 0.2) is 0 Å². The summed E-state index contributed by atoms with van der Waals surface area (Å²) in [5.41, 5.74) is -5.12. The number of carboxylic acid groups (broad SMARTS) is 1. The number of aliphatic carboxylic acids is 1. The molecule has 0 spiro atoms. The predicted octanol–water partition coefficient (Wildman–Crippen LogP) is -0.435. The molecule has 4 aliphatic carbocycles. The first kappa shape index (κ1) is 13.9. The number of hydrogen-bond acceptors (Lipinski definition) is 5. The fourth-order valence-corrected chi connectivity index (χ4v) is 5.81. The molecule has 5 rings (SSSR count). The Bertz CT molecular complexity index is 616. The maximum absolute atomic E-state index is 12.1. The van der Waals surface area contributed by atoms with Crippen molar-refractivity contribution in [1.82, 2.24) is 4.90 Å². The van der Waals surface area contributed by atoms with Gasteiger partial charge in [-0.25, -0.2) is 0 Å². The third kappa shape index (κ3) is 1.55. The van der Waals surface area contributed by atoms with E-state index < -0.39 is 39.9 Å². The number of imide groups is 1. The van der Waals surface area contributed by atoms with Crippen LogP contribution < -0.4 is 0 Å². The topological polar surface area (TPSA) is 115 Å². The van der Waals surface area contributed by atoms with Crippen LogP contribution in [-0.4, -0.2) is 54.7 Å². The molecule has 0 aromatic carbocycles. The Morgan fingerprint density at radius 3 is 1.86 bits per heavy atom. The molecule has 4 saturated carbocycles. The number of aliphatic hydroxyl groups is 2. The molecule has 7 heteroatoms. The van der Waals surface area contributed by atoms with Crippen molar-refractivity contribution in [2.45, 2.75) is 55.3 Å². The van der Waals surface area contributed by atoms with Gasteiger partial charge in [0.1, 0.15) is 0 Å². The number of carbonyl (C=O) groups is 3. The van der Waals surface area contributed by atoms with E-state index in [9.17, 15) is 29.7 Å². The summed E-state index contributed by atoms with van der Waals surface area (Å²) in [4.78, 5) is 37.1. The summed E-state index contributed by atoms with van der Waals surface area (Å²) in [6.45, 7) is 0. The molecule has 0 saturated heterocycles. The highest BCUT2D eigenvalue weighted by atomic mass is 16.4. The van der Waals surface area contributed by atoms with E-state index in [2.05, 4.69) is 0 Å². The van der Waals surface area contributed by atoms with Gasteiger partial charge >= 0.3 is 5.97 Å². The van der Waals surface area contributed by atoms with Crippen LogP contribution in [0.2, 0.25) is 0 Å². The zero-order valence-corrected chi connectivity index (χ0v) is 11.9. The molecule has 118 valence electrons. The van der Waals surface area contributed by atoms with Crippen molar-refractivity contribution in [2.75, 3.05) is 0 Å². The molecule has 2 atom stereocenters. The summed E-state index contributed by atoms with van der Waals surface area (Å²) in [5.74, 6) is -2.08. The fourth-order valence-electron chi connectivity index (χ4n) is 5.81. The quantitative estimate of drug-likeness (QED) is 0.596. The second kappa shape index (κ2) is 3.60. The highest BCUT2D eigenvalue weighted by Crippen LogP contribution is 2.66. The summed E-state index contributed by atoms with van der Waals surface area (Å²) in [5, 5.41) is 31.2. The zero-order chi connectivity index (χ0) is 16.0. The molecule has 0 aromatic rings. The van der Waals surface area contributed by atoms with Crippen molar-refractivity contribution in [3.05, 3.63) is 12.2 Å². The van der Waals surface area contributed by atoms with Gasteiger partial charge in [0, 0.05) is 31.4 Å². The van der Waals surface area contributed by atoms with E-state index in [1.807, 2.05) is 0 Å². The normalized spacial score (nSPS) is 49.3. The summed E-state index contributed by atoms with van der Waals surface area (Å²) in [6.07, 6.45) is 2.89. The van der Waals surface area contributed by atoms with Crippen LogP contribution in [0.3, 0.4) is 0 Å². The molecule has 1 aliphatic heterocycles. The Balaban J connectivity index is 1.86. The molecular weight excluding hydrogens is 290 g/mol. The van der Waals surface area contributed by atoms with Crippen LogP contribution >= 0.6 is 0 Å². The second-order valence-corrected chi connectivity index (χ2v) is 7.66. The third-order valence-corrected chi connectivity index (χ3v) is 5.71. The van der Waals surface area contributed by atoms with Crippen LogP contribution in [-0.2, 0) is 14.4 Å². The summed E-state index contributed by atoms with van der Waals surface area (Å²) in [6, 6.07) is 0.